The van der Waals surface area contributed by atoms with Crippen LogP contribution in [0.2, 0.25) is 0 Å². The van der Waals surface area contributed by atoms with Gasteiger partial charge in [0.05, 0.1) is 17.3 Å². The molecule has 19 heavy (non-hydrogen) atoms. The fourth-order valence-electron chi connectivity index (χ4n) is 1.75. The molecular weight excluding hydrogens is 238 g/mol. The monoisotopic (exact) mass is 255 g/mol. The quantitative estimate of drug-likeness (QED) is 0.885. The van der Waals surface area contributed by atoms with E-state index in [1.165, 1.54) is 0 Å². The van der Waals surface area contributed by atoms with Gasteiger partial charge >= 0.3 is 0 Å². The van der Waals surface area contributed by atoms with Gasteiger partial charge in [0.25, 0.3) is 0 Å². The molecule has 0 aliphatic rings. The van der Waals surface area contributed by atoms with Crippen molar-refractivity contribution in [2.45, 2.75) is 19.3 Å². The Balaban J connectivity index is 2.17. The van der Waals surface area contributed by atoms with Gasteiger partial charge in [0.2, 0.25) is 5.91 Å². The van der Waals surface area contributed by atoms with Crippen LogP contribution in [0.15, 0.2) is 48.7 Å². The molecule has 1 aromatic heterocycles. The second-order valence-electron chi connectivity index (χ2n) is 4.92. The topological polar surface area (TPSA) is 68.0 Å². The van der Waals surface area contributed by atoms with E-state index >= 15 is 0 Å². The fraction of sp³-hybridized carbons (Fsp3) is 0.200. The van der Waals surface area contributed by atoms with Crippen LogP contribution < -0.4 is 11.1 Å². The SMILES string of the molecule is CC(C)(C(=O)Nc1ccc(N)nc1)c1ccccc1. The fourth-order valence-corrected chi connectivity index (χ4v) is 1.75. The average Bonchev–Trinajstić information content (AvgIpc) is 2.42. The first-order valence-electron chi connectivity index (χ1n) is 6.08. The highest BCUT2D eigenvalue weighted by Gasteiger charge is 2.29. The lowest BCUT2D eigenvalue weighted by Gasteiger charge is -2.24. The molecule has 2 aromatic rings. The van der Waals surface area contributed by atoms with Gasteiger partial charge in [-0.2, -0.15) is 0 Å². The molecule has 0 radical (unpaired) electrons. The number of pyridine rings is 1. The Labute approximate surface area is 112 Å². The van der Waals surface area contributed by atoms with E-state index in [2.05, 4.69) is 10.3 Å². The van der Waals surface area contributed by atoms with Gasteiger partial charge in [0.1, 0.15) is 5.82 Å². The highest BCUT2D eigenvalue weighted by atomic mass is 16.2. The highest BCUT2D eigenvalue weighted by Crippen LogP contribution is 2.24. The molecule has 1 heterocycles. The molecule has 0 atom stereocenters. The summed E-state index contributed by atoms with van der Waals surface area (Å²) < 4.78 is 0. The van der Waals surface area contributed by atoms with Crippen LogP contribution in [0.25, 0.3) is 0 Å². The summed E-state index contributed by atoms with van der Waals surface area (Å²) in [6, 6.07) is 13.1. The van der Waals surface area contributed by atoms with Crippen LogP contribution in [-0.2, 0) is 10.2 Å². The predicted molar refractivity (Wildman–Crippen MR) is 76.7 cm³/mol. The van der Waals surface area contributed by atoms with E-state index in [1.807, 2.05) is 44.2 Å². The van der Waals surface area contributed by atoms with Crippen molar-refractivity contribution in [3.05, 3.63) is 54.2 Å². The number of carbonyl (C=O) groups excluding carboxylic acids is 1. The lowest BCUT2D eigenvalue weighted by molar-refractivity contribution is -0.120. The number of nitrogens with two attached hydrogens (primary N) is 1. The summed E-state index contributed by atoms with van der Waals surface area (Å²) in [5.41, 5.74) is 6.51. The second kappa shape index (κ2) is 5.10. The van der Waals surface area contributed by atoms with E-state index in [1.54, 1.807) is 18.3 Å². The predicted octanol–water partition coefficient (Wildman–Crippen LogP) is 2.58. The number of aromatic nitrogens is 1. The maximum absolute atomic E-state index is 12.3. The summed E-state index contributed by atoms with van der Waals surface area (Å²) in [5.74, 6) is 0.352. The summed E-state index contributed by atoms with van der Waals surface area (Å²) in [4.78, 5) is 16.3. The van der Waals surface area contributed by atoms with Crippen LogP contribution in [0.1, 0.15) is 19.4 Å². The number of rotatable bonds is 3. The Morgan fingerprint density at radius 2 is 1.84 bits per heavy atom. The molecule has 0 fully saturated rings. The van der Waals surface area contributed by atoms with E-state index in [0.29, 0.717) is 11.5 Å². The van der Waals surface area contributed by atoms with Crippen molar-refractivity contribution in [2.24, 2.45) is 0 Å². The zero-order valence-electron chi connectivity index (χ0n) is 11.1. The molecule has 3 N–H and O–H groups in total. The highest BCUT2D eigenvalue weighted by molar-refractivity contribution is 5.98. The largest absolute Gasteiger partial charge is 0.384 e. The minimum atomic E-state index is -0.608. The molecule has 0 spiro atoms. The van der Waals surface area contributed by atoms with Gasteiger partial charge in [-0.1, -0.05) is 30.3 Å². The number of carbonyl (C=O) groups is 1. The van der Waals surface area contributed by atoms with Crippen LogP contribution in [0, 0.1) is 0 Å². The molecule has 0 saturated carbocycles. The molecule has 0 bridgehead atoms. The maximum atomic E-state index is 12.3. The molecule has 4 heteroatoms. The number of hydrogen-bond acceptors (Lipinski definition) is 3. The van der Waals surface area contributed by atoms with Crippen molar-refractivity contribution >= 4 is 17.4 Å². The normalized spacial score (nSPS) is 11.1. The first-order chi connectivity index (χ1) is 9.00. The molecule has 1 amide bonds. The number of nitrogen functional groups attached to an aromatic ring is 1. The van der Waals surface area contributed by atoms with Gasteiger partial charge in [0.15, 0.2) is 0 Å². The van der Waals surface area contributed by atoms with Crippen LogP contribution in [0.3, 0.4) is 0 Å². The molecule has 1 aromatic carbocycles. The van der Waals surface area contributed by atoms with E-state index < -0.39 is 5.41 Å². The summed E-state index contributed by atoms with van der Waals surface area (Å²) >= 11 is 0. The van der Waals surface area contributed by atoms with Crippen molar-refractivity contribution in [2.75, 3.05) is 11.1 Å². The number of nitrogens with one attached hydrogen (secondary N) is 1. The van der Waals surface area contributed by atoms with Crippen molar-refractivity contribution < 1.29 is 4.79 Å². The van der Waals surface area contributed by atoms with E-state index in [9.17, 15) is 4.79 Å². The summed E-state index contributed by atoms with van der Waals surface area (Å²) in [6.07, 6.45) is 1.55. The van der Waals surface area contributed by atoms with Gasteiger partial charge in [-0.25, -0.2) is 4.98 Å². The van der Waals surface area contributed by atoms with Gasteiger partial charge in [-0.05, 0) is 31.5 Å². The molecular formula is C15H17N3O. The molecule has 0 unspecified atom stereocenters. The molecule has 0 aliphatic heterocycles. The Morgan fingerprint density at radius 3 is 2.42 bits per heavy atom. The van der Waals surface area contributed by atoms with Gasteiger partial charge in [-0.15, -0.1) is 0 Å². The van der Waals surface area contributed by atoms with Crippen molar-refractivity contribution in [3.63, 3.8) is 0 Å². The third-order valence-electron chi connectivity index (χ3n) is 3.11. The zero-order valence-corrected chi connectivity index (χ0v) is 11.1. The van der Waals surface area contributed by atoms with Gasteiger partial charge < -0.3 is 11.1 Å². The summed E-state index contributed by atoms with van der Waals surface area (Å²) in [7, 11) is 0. The lowest BCUT2D eigenvalue weighted by atomic mass is 9.84. The lowest BCUT2D eigenvalue weighted by Crippen LogP contribution is -2.34. The number of benzene rings is 1. The number of anilines is 2. The second-order valence-corrected chi connectivity index (χ2v) is 4.92. The van der Waals surface area contributed by atoms with Crippen LogP contribution in [0.4, 0.5) is 11.5 Å². The molecule has 2 rings (SSSR count). The Bertz CT molecular complexity index is 562. The van der Waals surface area contributed by atoms with Crippen LogP contribution in [0.5, 0.6) is 0 Å². The summed E-state index contributed by atoms with van der Waals surface area (Å²) in [6.45, 7) is 3.78. The van der Waals surface area contributed by atoms with E-state index in [-0.39, 0.29) is 5.91 Å². The average molecular weight is 255 g/mol. The number of hydrogen-bond donors (Lipinski definition) is 2. The first-order valence-corrected chi connectivity index (χ1v) is 6.08. The minimum Gasteiger partial charge on any atom is -0.384 e. The van der Waals surface area contributed by atoms with Crippen molar-refractivity contribution in [1.29, 1.82) is 0 Å². The third kappa shape index (κ3) is 2.91. The molecule has 0 saturated heterocycles. The Hall–Kier alpha value is -2.36. The van der Waals surface area contributed by atoms with E-state index in [4.69, 9.17) is 5.73 Å². The smallest absolute Gasteiger partial charge is 0.234 e. The minimum absolute atomic E-state index is 0.0785. The van der Waals surface area contributed by atoms with Crippen molar-refractivity contribution in [1.82, 2.24) is 4.98 Å². The Morgan fingerprint density at radius 1 is 1.16 bits per heavy atom. The zero-order chi connectivity index (χ0) is 13.9. The maximum Gasteiger partial charge on any atom is 0.234 e. The first kappa shape index (κ1) is 13.1. The standard InChI is InChI=1S/C15H17N3O/c1-15(2,11-6-4-3-5-7-11)14(19)18-12-8-9-13(16)17-10-12/h3-10H,1-2H3,(H2,16,17)(H,18,19). The third-order valence-corrected chi connectivity index (χ3v) is 3.11. The van der Waals surface area contributed by atoms with Crippen LogP contribution >= 0.6 is 0 Å². The van der Waals surface area contributed by atoms with Gasteiger partial charge in [-0.3, -0.25) is 4.79 Å². The summed E-state index contributed by atoms with van der Waals surface area (Å²) in [5, 5.41) is 2.85. The van der Waals surface area contributed by atoms with Gasteiger partial charge in [0, 0.05) is 0 Å². The number of amides is 1. The number of nitrogens with zero attached hydrogens (tertiary/aromatic N) is 1. The Kier molecular flexibility index (Phi) is 3.51. The van der Waals surface area contributed by atoms with Crippen LogP contribution in [-0.4, -0.2) is 10.9 Å². The van der Waals surface area contributed by atoms with E-state index in [0.717, 1.165) is 5.56 Å². The molecule has 98 valence electrons. The van der Waals surface area contributed by atoms with Crippen molar-refractivity contribution in [3.8, 4) is 0 Å². The molecule has 4 nitrogen and oxygen atoms in total. The molecule has 0 aliphatic carbocycles.